The fourth-order valence-electron chi connectivity index (χ4n) is 10.9. The van der Waals surface area contributed by atoms with Crippen molar-refractivity contribution in [1.82, 2.24) is 10.0 Å². The van der Waals surface area contributed by atoms with Crippen LogP contribution in [0.2, 0.25) is 0 Å². The zero-order valence-electron chi connectivity index (χ0n) is 28.4. The standard InChI is InChI=1S/C36H58N2O6S/c1-8-25-28-19-23(39)15-17-35(28,6)29-20-30(40)36(7)26(13-14-27(36)31(29)32(25)41)21(2)16-18-37-33(42)38-45(43,44)24-11-9-22(10-12-24)34(3,4)5/h9-12,21,23,25-32,39-41H,8,13-20H2,1-7H3,(H2,37,38,42)/t21-,23-,25-,26-,27+,28+,29+,30-,31+,32-,35+,36-/m1/s1. The van der Waals surface area contributed by atoms with E-state index < -0.39 is 28.3 Å². The number of amides is 2. The van der Waals surface area contributed by atoms with Crippen LogP contribution >= 0.6 is 0 Å². The molecule has 1 aromatic carbocycles. The van der Waals surface area contributed by atoms with E-state index in [1.165, 1.54) is 12.1 Å². The minimum Gasteiger partial charge on any atom is -0.393 e. The van der Waals surface area contributed by atoms with Gasteiger partial charge in [0, 0.05) is 6.54 Å². The molecule has 254 valence electrons. The van der Waals surface area contributed by atoms with E-state index >= 15 is 0 Å². The highest BCUT2D eigenvalue weighted by atomic mass is 32.2. The second-order valence-electron chi connectivity index (χ2n) is 16.6. The summed E-state index contributed by atoms with van der Waals surface area (Å²) in [4.78, 5) is 12.7. The van der Waals surface area contributed by atoms with Crippen molar-refractivity contribution in [3.05, 3.63) is 29.8 Å². The summed E-state index contributed by atoms with van der Waals surface area (Å²) in [6, 6.07) is 5.87. The second-order valence-corrected chi connectivity index (χ2v) is 18.3. The van der Waals surface area contributed by atoms with Crippen molar-refractivity contribution in [1.29, 1.82) is 0 Å². The molecule has 8 nitrogen and oxygen atoms in total. The van der Waals surface area contributed by atoms with Crippen LogP contribution in [-0.4, -0.2) is 54.6 Å². The zero-order valence-corrected chi connectivity index (χ0v) is 29.2. The lowest BCUT2D eigenvalue weighted by atomic mass is 9.41. The Morgan fingerprint density at radius 2 is 1.67 bits per heavy atom. The van der Waals surface area contributed by atoms with Crippen LogP contribution in [0.3, 0.4) is 0 Å². The van der Waals surface area contributed by atoms with Gasteiger partial charge in [-0.05, 0) is 120 Å². The van der Waals surface area contributed by atoms with Crippen molar-refractivity contribution < 1.29 is 28.5 Å². The first-order chi connectivity index (χ1) is 20.9. The number of hydrogen-bond acceptors (Lipinski definition) is 6. The summed E-state index contributed by atoms with van der Waals surface area (Å²) in [5, 5.41) is 37.1. The lowest BCUT2D eigenvalue weighted by Crippen LogP contribution is -2.65. The second kappa shape index (κ2) is 12.4. The molecule has 4 aliphatic carbocycles. The SMILES string of the molecule is CC[C@H]1[C@@H](O)[C@@H]2[C@H](C[C@@H](O)[C@]3(C)[C@@H]([C@H](C)CCNC(=O)NS(=O)(=O)c4ccc(C(C)(C)C)cc4)CC[C@@H]23)[C@@]2(C)CC[C@@H](O)C[C@@H]12. The molecule has 0 heterocycles. The summed E-state index contributed by atoms with van der Waals surface area (Å²) in [5.74, 6) is 1.48. The zero-order chi connectivity index (χ0) is 33.1. The molecule has 5 N–H and O–H groups in total. The molecule has 0 bridgehead atoms. The van der Waals surface area contributed by atoms with Gasteiger partial charge in [0.05, 0.1) is 23.2 Å². The fraction of sp³-hybridized carbons (Fsp3) is 0.806. The normalized spacial score (nSPS) is 40.5. The molecular weight excluding hydrogens is 588 g/mol. The molecule has 0 unspecified atom stereocenters. The van der Waals surface area contributed by atoms with Gasteiger partial charge in [0.1, 0.15) is 0 Å². The van der Waals surface area contributed by atoms with Gasteiger partial charge in [-0.3, -0.25) is 0 Å². The van der Waals surface area contributed by atoms with Gasteiger partial charge in [-0.15, -0.1) is 0 Å². The Balaban J connectivity index is 1.22. The first-order valence-electron chi connectivity index (χ1n) is 17.4. The van der Waals surface area contributed by atoms with Crippen LogP contribution in [0.1, 0.15) is 105 Å². The molecular formula is C36H58N2O6S. The number of fused-ring (bicyclic) bond motifs is 5. The topological polar surface area (TPSA) is 136 Å². The molecule has 0 saturated heterocycles. The lowest BCUT2D eigenvalue weighted by Gasteiger charge is -2.65. The molecule has 4 aliphatic rings. The quantitative estimate of drug-likeness (QED) is 0.262. The average molecular weight is 647 g/mol. The summed E-state index contributed by atoms with van der Waals surface area (Å²) < 4.78 is 27.8. The number of urea groups is 1. The van der Waals surface area contributed by atoms with E-state index in [2.05, 4.69) is 58.5 Å². The van der Waals surface area contributed by atoms with Crippen LogP contribution < -0.4 is 10.0 Å². The van der Waals surface area contributed by atoms with E-state index in [1.807, 2.05) is 0 Å². The summed E-state index contributed by atoms with van der Waals surface area (Å²) in [5.41, 5.74) is 0.589. The molecule has 0 aliphatic heterocycles. The predicted molar refractivity (Wildman–Crippen MR) is 176 cm³/mol. The van der Waals surface area contributed by atoms with E-state index in [1.54, 1.807) is 12.1 Å². The summed E-state index contributed by atoms with van der Waals surface area (Å²) in [6.07, 6.45) is 5.49. The summed E-state index contributed by atoms with van der Waals surface area (Å²) in [7, 11) is -3.99. The molecule has 1 aromatic rings. The molecule has 0 aromatic heterocycles. The average Bonchev–Trinajstić information content (AvgIpc) is 3.32. The van der Waals surface area contributed by atoms with E-state index in [0.29, 0.717) is 19.4 Å². The summed E-state index contributed by atoms with van der Waals surface area (Å²) in [6.45, 7) is 15.4. The van der Waals surface area contributed by atoms with Gasteiger partial charge in [0.25, 0.3) is 10.0 Å². The van der Waals surface area contributed by atoms with E-state index in [-0.39, 0.29) is 68.7 Å². The van der Waals surface area contributed by atoms with Crippen molar-refractivity contribution in [2.24, 2.45) is 52.3 Å². The maximum Gasteiger partial charge on any atom is 0.328 e. The van der Waals surface area contributed by atoms with Gasteiger partial charge in [-0.1, -0.05) is 67.0 Å². The van der Waals surface area contributed by atoms with Crippen molar-refractivity contribution in [3.63, 3.8) is 0 Å². The van der Waals surface area contributed by atoms with Crippen molar-refractivity contribution >= 4 is 16.1 Å². The molecule has 45 heavy (non-hydrogen) atoms. The first kappa shape index (κ1) is 34.6. The highest BCUT2D eigenvalue weighted by Gasteiger charge is 2.67. The molecule has 9 heteroatoms. The van der Waals surface area contributed by atoms with Crippen LogP contribution in [0.5, 0.6) is 0 Å². The first-order valence-corrected chi connectivity index (χ1v) is 18.9. The van der Waals surface area contributed by atoms with Crippen LogP contribution in [0.25, 0.3) is 0 Å². The van der Waals surface area contributed by atoms with Crippen LogP contribution in [0.4, 0.5) is 4.79 Å². The van der Waals surface area contributed by atoms with Crippen molar-refractivity contribution in [2.75, 3.05) is 6.54 Å². The molecule has 5 rings (SSSR count). The van der Waals surface area contributed by atoms with E-state index in [9.17, 15) is 28.5 Å². The van der Waals surface area contributed by atoms with Crippen LogP contribution in [-0.2, 0) is 15.4 Å². The monoisotopic (exact) mass is 646 g/mol. The number of aliphatic hydroxyl groups is 3. The van der Waals surface area contributed by atoms with Gasteiger partial charge in [-0.25, -0.2) is 17.9 Å². The Morgan fingerprint density at radius 1 is 1.00 bits per heavy atom. The predicted octanol–water partition coefficient (Wildman–Crippen LogP) is 5.60. The third-order valence-electron chi connectivity index (χ3n) is 13.4. The molecule has 12 atom stereocenters. The maximum absolute atomic E-state index is 12.8. The molecule has 0 spiro atoms. The lowest BCUT2D eigenvalue weighted by molar-refractivity contribution is -0.228. The number of rotatable bonds is 7. The maximum atomic E-state index is 12.8. The number of carbonyl (C=O) groups excluding carboxylic acids is 1. The number of aliphatic hydroxyl groups excluding tert-OH is 3. The Labute approximate surface area is 271 Å². The minimum atomic E-state index is -3.99. The summed E-state index contributed by atoms with van der Waals surface area (Å²) >= 11 is 0. The Morgan fingerprint density at radius 3 is 2.29 bits per heavy atom. The number of hydrogen-bond donors (Lipinski definition) is 5. The van der Waals surface area contributed by atoms with Gasteiger partial charge < -0.3 is 20.6 Å². The largest absolute Gasteiger partial charge is 0.393 e. The fourth-order valence-corrected chi connectivity index (χ4v) is 11.8. The van der Waals surface area contributed by atoms with Gasteiger partial charge in [-0.2, -0.15) is 0 Å². The van der Waals surface area contributed by atoms with E-state index in [0.717, 1.165) is 44.1 Å². The highest BCUT2D eigenvalue weighted by Crippen LogP contribution is 2.69. The Kier molecular flexibility index (Phi) is 9.55. The van der Waals surface area contributed by atoms with Crippen molar-refractivity contribution in [3.8, 4) is 0 Å². The van der Waals surface area contributed by atoms with Crippen LogP contribution in [0, 0.1) is 52.3 Å². The van der Waals surface area contributed by atoms with Gasteiger partial charge >= 0.3 is 6.03 Å². The van der Waals surface area contributed by atoms with Gasteiger partial charge in [0.2, 0.25) is 0 Å². The molecule has 4 saturated carbocycles. The number of benzene rings is 1. The smallest absolute Gasteiger partial charge is 0.328 e. The molecule has 0 radical (unpaired) electrons. The molecule has 2 amide bonds. The minimum absolute atomic E-state index is 0.0159. The third-order valence-corrected chi connectivity index (χ3v) is 14.7. The number of carbonyl (C=O) groups is 1. The number of nitrogens with one attached hydrogen (secondary N) is 2. The number of sulfonamides is 1. The third kappa shape index (κ3) is 6.09. The van der Waals surface area contributed by atoms with Crippen LogP contribution in [0.15, 0.2) is 29.2 Å². The van der Waals surface area contributed by atoms with Gasteiger partial charge in [0.15, 0.2) is 0 Å². The highest BCUT2D eigenvalue weighted by molar-refractivity contribution is 7.90. The molecule has 4 fully saturated rings. The Bertz CT molecular complexity index is 1330. The van der Waals surface area contributed by atoms with E-state index in [4.69, 9.17) is 0 Å². The Hall–Kier alpha value is -1.68. The van der Waals surface area contributed by atoms with Crippen molar-refractivity contribution in [2.45, 2.75) is 128 Å².